The molecule has 4 nitrogen and oxygen atoms in total. The Balaban J connectivity index is 2.00. The van der Waals surface area contributed by atoms with Gasteiger partial charge in [-0.25, -0.2) is 4.79 Å². The van der Waals surface area contributed by atoms with Gasteiger partial charge in [-0.15, -0.1) is 11.8 Å². The third-order valence-corrected chi connectivity index (χ3v) is 5.28. The Bertz CT molecular complexity index is 512. The zero-order chi connectivity index (χ0) is 15.7. The molecule has 1 aromatic rings. The van der Waals surface area contributed by atoms with Crippen LogP contribution >= 0.6 is 11.8 Å². The molecule has 0 unspecified atom stereocenters. The minimum atomic E-state index is -0.732. The molecule has 21 heavy (non-hydrogen) atoms. The molecule has 0 aromatic heterocycles. The first-order valence-electron chi connectivity index (χ1n) is 7.17. The van der Waals surface area contributed by atoms with Gasteiger partial charge in [-0.05, 0) is 43.9 Å². The Morgan fingerprint density at radius 2 is 1.90 bits per heavy atom. The van der Waals surface area contributed by atoms with Crippen molar-refractivity contribution in [3.05, 3.63) is 24.3 Å². The van der Waals surface area contributed by atoms with E-state index in [9.17, 15) is 9.90 Å². The average Bonchev–Trinajstić information content (AvgIpc) is 2.42. The van der Waals surface area contributed by atoms with Crippen LogP contribution in [0.3, 0.4) is 0 Å². The molecule has 1 atom stereocenters. The monoisotopic (exact) mass is 308 g/mol. The SMILES string of the molecule is CSc1ccc(NC(=O)N2CC[C@@](C)(O)C(C)(C)C2)cc1. The standard InChI is InChI=1S/C16H24N2O2S/c1-15(2)11-18(10-9-16(15,3)20)14(19)17-12-5-7-13(21-4)8-6-12/h5-8,20H,9-11H2,1-4H3,(H,17,19)/t16-/m1/s1. The highest BCUT2D eigenvalue weighted by Crippen LogP contribution is 2.38. The molecule has 0 radical (unpaired) electrons. The maximum absolute atomic E-state index is 12.3. The summed E-state index contributed by atoms with van der Waals surface area (Å²) in [4.78, 5) is 15.3. The largest absolute Gasteiger partial charge is 0.389 e. The molecule has 2 rings (SSSR count). The number of anilines is 1. The van der Waals surface area contributed by atoms with Crippen LogP contribution in [0, 0.1) is 5.41 Å². The van der Waals surface area contributed by atoms with Gasteiger partial charge in [0, 0.05) is 29.1 Å². The summed E-state index contributed by atoms with van der Waals surface area (Å²) in [7, 11) is 0. The van der Waals surface area contributed by atoms with Crippen LogP contribution < -0.4 is 5.32 Å². The van der Waals surface area contributed by atoms with Gasteiger partial charge in [0.25, 0.3) is 0 Å². The molecule has 2 amide bonds. The predicted octanol–water partition coefficient (Wildman–Crippen LogP) is 3.42. The molecule has 0 spiro atoms. The third kappa shape index (κ3) is 3.52. The van der Waals surface area contributed by atoms with Gasteiger partial charge in [-0.2, -0.15) is 0 Å². The molecule has 0 saturated carbocycles. The van der Waals surface area contributed by atoms with Crippen LogP contribution in [0.4, 0.5) is 10.5 Å². The number of likely N-dealkylation sites (tertiary alicyclic amines) is 1. The predicted molar refractivity (Wildman–Crippen MR) is 87.8 cm³/mol. The number of rotatable bonds is 2. The highest BCUT2D eigenvalue weighted by molar-refractivity contribution is 7.98. The van der Waals surface area contributed by atoms with Crippen molar-refractivity contribution >= 4 is 23.5 Å². The van der Waals surface area contributed by atoms with E-state index in [4.69, 9.17) is 0 Å². The zero-order valence-corrected chi connectivity index (χ0v) is 14.0. The smallest absolute Gasteiger partial charge is 0.321 e. The quantitative estimate of drug-likeness (QED) is 0.823. The summed E-state index contributed by atoms with van der Waals surface area (Å²) in [6.07, 6.45) is 2.62. The molecular weight excluding hydrogens is 284 g/mol. The molecule has 5 heteroatoms. The third-order valence-electron chi connectivity index (χ3n) is 4.54. The summed E-state index contributed by atoms with van der Waals surface area (Å²) < 4.78 is 0. The molecule has 1 aliphatic rings. The van der Waals surface area contributed by atoms with Crippen LogP contribution in [-0.4, -0.2) is 41.0 Å². The molecule has 2 N–H and O–H groups in total. The van der Waals surface area contributed by atoms with Gasteiger partial charge in [0.1, 0.15) is 0 Å². The first-order valence-corrected chi connectivity index (χ1v) is 8.40. The Morgan fingerprint density at radius 3 is 2.43 bits per heavy atom. The Labute approximate surface area is 130 Å². The van der Waals surface area contributed by atoms with E-state index in [1.54, 1.807) is 16.7 Å². The minimum absolute atomic E-state index is 0.101. The lowest BCUT2D eigenvalue weighted by Gasteiger charge is -2.48. The Hall–Kier alpha value is -1.20. The fourth-order valence-corrected chi connectivity index (χ4v) is 2.88. The number of hydrogen-bond donors (Lipinski definition) is 2. The number of aliphatic hydroxyl groups is 1. The van der Waals surface area contributed by atoms with E-state index in [1.165, 1.54) is 4.90 Å². The number of nitrogens with zero attached hydrogens (tertiary/aromatic N) is 1. The molecule has 1 heterocycles. The number of carbonyl (C=O) groups is 1. The van der Waals surface area contributed by atoms with Gasteiger partial charge < -0.3 is 15.3 Å². The maximum Gasteiger partial charge on any atom is 0.321 e. The molecule has 0 aliphatic carbocycles. The fraction of sp³-hybridized carbons (Fsp3) is 0.562. The number of nitrogens with one attached hydrogen (secondary N) is 1. The van der Waals surface area contributed by atoms with Gasteiger partial charge in [0.15, 0.2) is 0 Å². The van der Waals surface area contributed by atoms with E-state index in [-0.39, 0.29) is 11.4 Å². The maximum atomic E-state index is 12.3. The Morgan fingerprint density at radius 1 is 1.29 bits per heavy atom. The van der Waals surface area contributed by atoms with Crippen LogP contribution in [0.5, 0.6) is 0 Å². The van der Waals surface area contributed by atoms with E-state index in [0.29, 0.717) is 19.5 Å². The lowest BCUT2D eigenvalue weighted by Crippen LogP contribution is -2.57. The van der Waals surface area contributed by atoms with Gasteiger partial charge in [0.05, 0.1) is 5.60 Å². The summed E-state index contributed by atoms with van der Waals surface area (Å²) in [6.45, 7) is 6.97. The minimum Gasteiger partial charge on any atom is -0.389 e. The van der Waals surface area contributed by atoms with Crippen LogP contribution in [0.1, 0.15) is 27.2 Å². The summed E-state index contributed by atoms with van der Waals surface area (Å²) >= 11 is 1.67. The molecule has 116 valence electrons. The summed E-state index contributed by atoms with van der Waals surface area (Å²) in [5.41, 5.74) is -0.248. The average molecular weight is 308 g/mol. The van der Waals surface area contributed by atoms with Crippen molar-refractivity contribution in [2.45, 2.75) is 37.7 Å². The number of carbonyl (C=O) groups excluding carboxylic acids is 1. The second kappa shape index (κ2) is 5.89. The highest BCUT2D eigenvalue weighted by atomic mass is 32.2. The van der Waals surface area contributed by atoms with Gasteiger partial charge in [0.2, 0.25) is 0 Å². The number of urea groups is 1. The van der Waals surface area contributed by atoms with E-state index in [2.05, 4.69) is 5.32 Å². The van der Waals surface area contributed by atoms with Crippen LogP contribution in [0.15, 0.2) is 29.2 Å². The molecule has 1 fully saturated rings. The molecule has 1 saturated heterocycles. The van der Waals surface area contributed by atoms with E-state index < -0.39 is 5.60 Å². The number of amides is 2. The Kier molecular flexibility index (Phi) is 4.54. The van der Waals surface area contributed by atoms with Crippen LogP contribution in [-0.2, 0) is 0 Å². The highest BCUT2D eigenvalue weighted by Gasteiger charge is 2.45. The summed E-state index contributed by atoms with van der Waals surface area (Å²) in [5, 5.41) is 13.3. The van der Waals surface area contributed by atoms with Crippen molar-refractivity contribution in [2.75, 3.05) is 24.7 Å². The van der Waals surface area contributed by atoms with E-state index in [1.807, 2.05) is 51.3 Å². The number of thioether (sulfide) groups is 1. The van der Waals surface area contributed by atoms with Crippen molar-refractivity contribution in [3.63, 3.8) is 0 Å². The zero-order valence-electron chi connectivity index (χ0n) is 13.1. The molecular formula is C16H24N2O2S. The summed E-state index contributed by atoms with van der Waals surface area (Å²) in [5.74, 6) is 0. The number of hydrogen-bond acceptors (Lipinski definition) is 3. The van der Waals surface area contributed by atoms with E-state index >= 15 is 0 Å². The second-order valence-corrected chi connectivity index (χ2v) is 7.37. The van der Waals surface area contributed by atoms with Gasteiger partial charge in [-0.1, -0.05) is 13.8 Å². The second-order valence-electron chi connectivity index (χ2n) is 6.49. The lowest BCUT2D eigenvalue weighted by molar-refractivity contribution is -0.0946. The normalized spacial score (nSPS) is 24.7. The van der Waals surface area contributed by atoms with Gasteiger partial charge in [-0.3, -0.25) is 0 Å². The number of piperidine rings is 1. The van der Waals surface area contributed by atoms with Crippen molar-refractivity contribution in [3.8, 4) is 0 Å². The van der Waals surface area contributed by atoms with Crippen molar-refractivity contribution in [1.82, 2.24) is 4.90 Å². The number of benzene rings is 1. The summed E-state index contributed by atoms with van der Waals surface area (Å²) in [6, 6.07) is 7.70. The molecule has 0 bridgehead atoms. The molecule has 1 aliphatic heterocycles. The first-order chi connectivity index (χ1) is 9.75. The van der Waals surface area contributed by atoms with Crippen molar-refractivity contribution in [1.29, 1.82) is 0 Å². The van der Waals surface area contributed by atoms with Crippen molar-refractivity contribution < 1.29 is 9.90 Å². The fourth-order valence-electron chi connectivity index (χ4n) is 2.47. The lowest BCUT2D eigenvalue weighted by atomic mass is 9.71. The topological polar surface area (TPSA) is 52.6 Å². The van der Waals surface area contributed by atoms with Crippen molar-refractivity contribution in [2.24, 2.45) is 5.41 Å². The van der Waals surface area contributed by atoms with Gasteiger partial charge >= 0.3 is 6.03 Å². The first kappa shape index (κ1) is 16.2. The van der Waals surface area contributed by atoms with Crippen LogP contribution in [0.25, 0.3) is 0 Å². The van der Waals surface area contributed by atoms with Crippen LogP contribution in [0.2, 0.25) is 0 Å². The van der Waals surface area contributed by atoms with E-state index in [0.717, 1.165) is 5.69 Å². The molecule has 1 aromatic carbocycles.